The standard InChI is InChI=1S/C19H31NO3Si/c1-5-10-19(21)23-14-9-13-22-16-20(17-24(2,3)4)15-18-11-7-6-8-12-18/h5-8,10-12H,9,13-17H2,1-4H3/b10-5+. The number of rotatable bonds is 11. The predicted octanol–water partition coefficient (Wildman–Crippen LogP) is 3.85. The van der Waals surface area contributed by atoms with Crippen molar-refractivity contribution in [3.63, 3.8) is 0 Å². The Morgan fingerprint density at radius 2 is 1.88 bits per heavy atom. The Morgan fingerprint density at radius 3 is 2.50 bits per heavy atom. The van der Waals surface area contributed by atoms with E-state index >= 15 is 0 Å². The van der Waals surface area contributed by atoms with Gasteiger partial charge in [-0.25, -0.2) is 4.79 Å². The zero-order valence-electron chi connectivity index (χ0n) is 15.5. The van der Waals surface area contributed by atoms with Gasteiger partial charge in [-0.05, 0) is 18.7 Å². The molecule has 0 saturated heterocycles. The molecule has 1 aromatic carbocycles. The van der Waals surface area contributed by atoms with Gasteiger partial charge in [0.05, 0.1) is 28.0 Å². The van der Waals surface area contributed by atoms with Gasteiger partial charge in [-0.3, -0.25) is 4.90 Å². The second-order valence-corrected chi connectivity index (χ2v) is 12.5. The molecule has 4 nitrogen and oxygen atoms in total. The molecule has 0 aliphatic heterocycles. The second kappa shape index (κ2) is 11.2. The van der Waals surface area contributed by atoms with Gasteiger partial charge in [0.15, 0.2) is 0 Å². The molecule has 24 heavy (non-hydrogen) atoms. The highest BCUT2D eigenvalue weighted by atomic mass is 28.3. The van der Waals surface area contributed by atoms with Crippen molar-refractivity contribution in [2.75, 3.05) is 26.1 Å². The highest BCUT2D eigenvalue weighted by Crippen LogP contribution is 2.10. The largest absolute Gasteiger partial charge is 0.462 e. The summed E-state index contributed by atoms with van der Waals surface area (Å²) in [6.07, 6.45) is 4.92. The molecule has 0 aliphatic rings. The first-order valence-electron chi connectivity index (χ1n) is 8.54. The number of allylic oxidation sites excluding steroid dienone is 1. The maximum Gasteiger partial charge on any atom is 0.330 e. The Kier molecular flexibility index (Phi) is 9.60. The molecule has 0 heterocycles. The molecule has 0 amide bonds. The van der Waals surface area contributed by atoms with Crippen LogP contribution in [0.2, 0.25) is 19.6 Å². The van der Waals surface area contributed by atoms with E-state index in [4.69, 9.17) is 9.47 Å². The van der Waals surface area contributed by atoms with Crippen molar-refractivity contribution in [2.45, 2.75) is 39.5 Å². The topological polar surface area (TPSA) is 38.8 Å². The first-order chi connectivity index (χ1) is 11.4. The summed E-state index contributed by atoms with van der Waals surface area (Å²) in [6.45, 7) is 11.4. The minimum atomic E-state index is -1.20. The molecule has 0 bridgehead atoms. The average Bonchev–Trinajstić information content (AvgIpc) is 2.50. The summed E-state index contributed by atoms with van der Waals surface area (Å²) in [7, 11) is -1.20. The summed E-state index contributed by atoms with van der Waals surface area (Å²) in [5.74, 6) is -0.290. The number of hydrogen-bond acceptors (Lipinski definition) is 4. The van der Waals surface area contributed by atoms with Gasteiger partial charge in [0.25, 0.3) is 0 Å². The van der Waals surface area contributed by atoms with Crippen LogP contribution in [0, 0.1) is 0 Å². The summed E-state index contributed by atoms with van der Waals surface area (Å²) >= 11 is 0. The zero-order chi connectivity index (χ0) is 17.8. The summed E-state index contributed by atoms with van der Waals surface area (Å²) in [6, 6.07) is 10.5. The highest BCUT2D eigenvalue weighted by molar-refractivity contribution is 6.76. The van der Waals surface area contributed by atoms with Gasteiger partial charge in [0.1, 0.15) is 0 Å². The van der Waals surface area contributed by atoms with E-state index in [-0.39, 0.29) is 5.97 Å². The van der Waals surface area contributed by atoms with Crippen molar-refractivity contribution < 1.29 is 14.3 Å². The van der Waals surface area contributed by atoms with E-state index in [1.807, 2.05) is 6.07 Å². The molecule has 0 unspecified atom stereocenters. The van der Waals surface area contributed by atoms with E-state index in [1.54, 1.807) is 13.0 Å². The van der Waals surface area contributed by atoms with Crippen LogP contribution in [0.1, 0.15) is 18.9 Å². The van der Waals surface area contributed by atoms with Gasteiger partial charge in [0.2, 0.25) is 0 Å². The lowest BCUT2D eigenvalue weighted by atomic mass is 10.2. The van der Waals surface area contributed by atoms with Gasteiger partial charge in [0, 0.05) is 19.0 Å². The molecule has 1 rings (SSSR count). The SMILES string of the molecule is C/C=C/C(=O)OCCCOCN(Cc1ccccc1)C[Si](C)(C)C. The average molecular weight is 350 g/mol. The van der Waals surface area contributed by atoms with Crippen molar-refractivity contribution in [1.82, 2.24) is 4.90 Å². The fourth-order valence-electron chi connectivity index (χ4n) is 2.37. The van der Waals surface area contributed by atoms with Crippen LogP contribution in [0.25, 0.3) is 0 Å². The lowest BCUT2D eigenvalue weighted by molar-refractivity contribution is -0.138. The molecule has 1 aromatic rings. The number of benzene rings is 1. The van der Waals surface area contributed by atoms with Gasteiger partial charge < -0.3 is 9.47 Å². The van der Waals surface area contributed by atoms with E-state index in [2.05, 4.69) is 48.8 Å². The van der Waals surface area contributed by atoms with Crippen LogP contribution in [0.3, 0.4) is 0 Å². The Labute approximate surface area is 147 Å². The lowest BCUT2D eigenvalue weighted by Gasteiger charge is -2.28. The molecule has 0 atom stereocenters. The Morgan fingerprint density at radius 1 is 1.17 bits per heavy atom. The van der Waals surface area contributed by atoms with Crippen molar-refractivity contribution >= 4 is 14.0 Å². The molecule has 0 aromatic heterocycles. The minimum absolute atomic E-state index is 0.290. The summed E-state index contributed by atoms with van der Waals surface area (Å²) in [5, 5.41) is 0. The van der Waals surface area contributed by atoms with E-state index in [0.29, 0.717) is 19.9 Å². The van der Waals surface area contributed by atoms with Crippen LogP contribution in [0.5, 0.6) is 0 Å². The normalized spacial score (nSPS) is 12.0. The number of hydrogen-bond donors (Lipinski definition) is 0. The number of carbonyl (C=O) groups excluding carboxylic acids is 1. The van der Waals surface area contributed by atoms with Crippen molar-refractivity contribution in [3.05, 3.63) is 48.0 Å². The third-order valence-electron chi connectivity index (χ3n) is 3.20. The summed E-state index contributed by atoms with van der Waals surface area (Å²) in [5.41, 5.74) is 1.31. The molecule has 0 saturated carbocycles. The second-order valence-electron chi connectivity index (χ2n) is 7.09. The molecule has 0 spiro atoms. The van der Waals surface area contributed by atoms with Crippen LogP contribution in [0.15, 0.2) is 42.5 Å². The van der Waals surface area contributed by atoms with Crippen LogP contribution in [-0.4, -0.2) is 45.1 Å². The maximum absolute atomic E-state index is 11.2. The molecule has 134 valence electrons. The van der Waals surface area contributed by atoms with Gasteiger partial charge >= 0.3 is 5.97 Å². The van der Waals surface area contributed by atoms with Gasteiger partial charge in [-0.15, -0.1) is 0 Å². The highest BCUT2D eigenvalue weighted by Gasteiger charge is 2.18. The maximum atomic E-state index is 11.2. The molecule has 0 aliphatic carbocycles. The number of carbonyl (C=O) groups is 1. The van der Waals surface area contributed by atoms with Crippen LogP contribution >= 0.6 is 0 Å². The fourth-order valence-corrected chi connectivity index (χ4v) is 3.92. The molecule has 0 N–H and O–H groups in total. The van der Waals surface area contributed by atoms with Crippen molar-refractivity contribution in [3.8, 4) is 0 Å². The quantitative estimate of drug-likeness (QED) is 0.200. The Bertz CT molecular complexity index is 497. The van der Waals surface area contributed by atoms with Crippen molar-refractivity contribution in [1.29, 1.82) is 0 Å². The number of esters is 1. The minimum Gasteiger partial charge on any atom is -0.462 e. The predicted molar refractivity (Wildman–Crippen MR) is 101 cm³/mol. The van der Waals surface area contributed by atoms with Crippen LogP contribution in [-0.2, 0) is 20.8 Å². The smallest absolute Gasteiger partial charge is 0.330 e. The third-order valence-corrected chi connectivity index (χ3v) is 4.60. The van der Waals surface area contributed by atoms with E-state index in [0.717, 1.165) is 19.1 Å². The Balaban J connectivity index is 2.33. The monoisotopic (exact) mass is 349 g/mol. The molecule has 5 heteroatoms. The van der Waals surface area contributed by atoms with Gasteiger partial charge in [-0.1, -0.05) is 56.0 Å². The lowest BCUT2D eigenvalue weighted by Crippen LogP contribution is -2.41. The van der Waals surface area contributed by atoms with Gasteiger partial charge in [-0.2, -0.15) is 0 Å². The molecule has 0 fully saturated rings. The first kappa shape index (κ1) is 20.6. The molecular formula is C19H31NO3Si. The molecular weight excluding hydrogens is 318 g/mol. The molecule has 0 radical (unpaired) electrons. The van der Waals surface area contributed by atoms with Crippen LogP contribution in [0.4, 0.5) is 0 Å². The number of ether oxygens (including phenoxy) is 2. The summed E-state index contributed by atoms with van der Waals surface area (Å²) in [4.78, 5) is 13.6. The first-order valence-corrected chi connectivity index (χ1v) is 12.2. The fraction of sp³-hybridized carbons (Fsp3) is 0.526. The van der Waals surface area contributed by atoms with Crippen LogP contribution < -0.4 is 0 Å². The third kappa shape index (κ3) is 10.4. The van der Waals surface area contributed by atoms with E-state index in [1.165, 1.54) is 11.6 Å². The van der Waals surface area contributed by atoms with E-state index < -0.39 is 8.07 Å². The summed E-state index contributed by atoms with van der Waals surface area (Å²) < 4.78 is 10.8. The number of nitrogens with zero attached hydrogens (tertiary/aromatic N) is 1. The zero-order valence-corrected chi connectivity index (χ0v) is 16.5. The Hall–Kier alpha value is -1.43. The van der Waals surface area contributed by atoms with Crippen molar-refractivity contribution in [2.24, 2.45) is 0 Å². The van der Waals surface area contributed by atoms with E-state index in [9.17, 15) is 4.79 Å².